The van der Waals surface area contributed by atoms with E-state index in [9.17, 15) is 0 Å². The van der Waals surface area contributed by atoms with Crippen molar-refractivity contribution in [2.45, 2.75) is 0 Å². The van der Waals surface area contributed by atoms with E-state index in [1.54, 1.807) is 0 Å². The maximum atomic E-state index is 5.11. The SMILES string of the molecule is c1ccc(-c2nc(-c3ccc(-n4c5cc6c(ccn6-c6ccccc6)cc5c5c6ccccc6ccc54)cc3)nc3ccccc23)cc1. The van der Waals surface area contributed by atoms with Crippen LogP contribution in [0, 0.1) is 0 Å². The lowest BCUT2D eigenvalue weighted by molar-refractivity contribution is 1.12. The van der Waals surface area contributed by atoms with E-state index in [1.165, 1.54) is 43.5 Å². The van der Waals surface area contributed by atoms with Crippen LogP contribution in [0.4, 0.5) is 0 Å². The molecule has 0 spiro atoms. The zero-order valence-corrected chi connectivity index (χ0v) is 26.0. The molecule has 3 heterocycles. The first-order valence-corrected chi connectivity index (χ1v) is 16.3. The molecule has 0 aliphatic carbocycles. The fourth-order valence-corrected chi connectivity index (χ4v) is 7.29. The number of nitrogens with zero attached hydrogens (tertiary/aromatic N) is 4. The molecule has 10 aromatic rings. The summed E-state index contributed by atoms with van der Waals surface area (Å²) in [6.07, 6.45) is 2.17. The van der Waals surface area contributed by atoms with Crippen LogP contribution in [0.2, 0.25) is 0 Å². The molecule has 0 N–H and O–H groups in total. The first-order chi connectivity index (χ1) is 23.8. The molecular formula is C44H28N4. The Morgan fingerprint density at radius 1 is 0.417 bits per heavy atom. The zero-order chi connectivity index (χ0) is 31.6. The third-order valence-corrected chi connectivity index (χ3v) is 9.53. The van der Waals surface area contributed by atoms with Crippen LogP contribution in [-0.4, -0.2) is 19.1 Å². The molecule has 224 valence electrons. The summed E-state index contributed by atoms with van der Waals surface area (Å²) in [5.74, 6) is 0.717. The largest absolute Gasteiger partial charge is 0.316 e. The highest BCUT2D eigenvalue weighted by Crippen LogP contribution is 2.40. The normalized spacial score (nSPS) is 11.8. The van der Waals surface area contributed by atoms with E-state index >= 15 is 0 Å². The Hall–Kier alpha value is -6.52. The maximum Gasteiger partial charge on any atom is 0.160 e. The summed E-state index contributed by atoms with van der Waals surface area (Å²) < 4.78 is 4.68. The van der Waals surface area contributed by atoms with Gasteiger partial charge in [0, 0.05) is 50.2 Å². The van der Waals surface area contributed by atoms with E-state index in [1.807, 2.05) is 18.2 Å². The highest BCUT2D eigenvalue weighted by molar-refractivity contribution is 6.23. The molecule has 0 radical (unpaired) electrons. The van der Waals surface area contributed by atoms with Gasteiger partial charge in [-0.15, -0.1) is 0 Å². The predicted molar refractivity (Wildman–Crippen MR) is 199 cm³/mol. The van der Waals surface area contributed by atoms with Gasteiger partial charge in [0.05, 0.1) is 27.8 Å². The average molecular weight is 613 g/mol. The fraction of sp³-hybridized carbons (Fsp3) is 0. The van der Waals surface area contributed by atoms with Gasteiger partial charge in [-0.1, -0.05) is 97.1 Å². The second kappa shape index (κ2) is 10.5. The molecule has 0 saturated heterocycles. The summed E-state index contributed by atoms with van der Waals surface area (Å²) in [7, 11) is 0. The topological polar surface area (TPSA) is 35.6 Å². The van der Waals surface area contributed by atoms with Crippen molar-refractivity contribution < 1.29 is 0 Å². The number of aromatic nitrogens is 4. The number of benzene rings is 7. The Bertz CT molecular complexity index is 2810. The van der Waals surface area contributed by atoms with Gasteiger partial charge in [0.1, 0.15) is 0 Å². The van der Waals surface area contributed by atoms with Gasteiger partial charge in [-0.3, -0.25) is 0 Å². The van der Waals surface area contributed by atoms with Crippen molar-refractivity contribution in [1.82, 2.24) is 19.1 Å². The van der Waals surface area contributed by atoms with Crippen LogP contribution in [0.5, 0.6) is 0 Å². The lowest BCUT2D eigenvalue weighted by Crippen LogP contribution is -1.97. The summed E-state index contributed by atoms with van der Waals surface area (Å²) in [6.45, 7) is 0. The minimum absolute atomic E-state index is 0.717. The van der Waals surface area contributed by atoms with Gasteiger partial charge in [-0.25, -0.2) is 9.97 Å². The van der Waals surface area contributed by atoms with Crippen molar-refractivity contribution in [1.29, 1.82) is 0 Å². The molecule has 3 aromatic heterocycles. The molecule has 0 atom stereocenters. The molecule has 0 fully saturated rings. The van der Waals surface area contributed by atoms with Crippen LogP contribution in [0.3, 0.4) is 0 Å². The van der Waals surface area contributed by atoms with Gasteiger partial charge in [0.25, 0.3) is 0 Å². The first-order valence-electron chi connectivity index (χ1n) is 16.3. The molecule has 0 unspecified atom stereocenters. The molecule has 48 heavy (non-hydrogen) atoms. The van der Waals surface area contributed by atoms with Crippen molar-refractivity contribution in [3.8, 4) is 34.0 Å². The van der Waals surface area contributed by atoms with Crippen molar-refractivity contribution in [3.05, 3.63) is 170 Å². The Kier molecular flexibility index (Phi) is 5.84. The monoisotopic (exact) mass is 612 g/mol. The van der Waals surface area contributed by atoms with Gasteiger partial charge in [-0.05, 0) is 77.5 Å². The fourth-order valence-electron chi connectivity index (χ4n) is 7.29. The van der Waals surface area contributed by atoms with Crippen LogP contribution < -0.4 is 0 Å². The number of fused-ring (bicyclic) bond motifs is 7. The molecular weight excluding hydrogens is 585 g/mol. The minimum atomic E-state index is 0.717. The van der Waals surface area contributed by atoms with Gasteiger partial charge in [-0.2, -0.15) is 0 Å². The second-order valence-electron chi connectivity index (χ2n) is 12.3. The Labute approximate surface area is 276 Å². The number of hydrogen-bond acceptors (Lipinski definition) is 2. The van der Waals surface area contributed by atoms with Crippen LogP contribution in [0.25, 0.3) is 88.4 Å². The van der Waals surface area contributed by atoms with Crippen molar-refractivity contribution in [2.75, 3.05) is 0 Å². The molecule has 4 heteroatoms. The van der Waals surface area contributed by atoms with Gasteiger partial charge in [0.2, 0.25) is 0 Å². The molecule has 0 amide bonds. The Morgan fingerprint density at radius 3 is 1.98 bits per heavy atom. The van der Waals surface area contributed by atoms with Crippen LogP contribution in [0.15, 0.2) is 170 Å². The van der Waals surface area contributed by atoms with E-state index in [0.29, 0.717) is 0 Å². The summed E-state index contributed by atoms with van der Waals surface area (Å²) >= 11 is 0. The predicted octanol–water partition coefficient (Wildman–Crippen LogP) is 11.2. The van der Waals surface area contributed by atoms with Crippen molar-refractivity contribution in [3.63, 3.8) is 0 Å². The van der Waals surface area contributed by atoms with E-state index in [0.717, 1.165) is 44.9 Å². The van der Waals surface area contributed by atoms with Gasteiger partial charge >= 0.3 is 0 Å². The summed E-state index contributed by atoms with van der Waals surface area (Å²) in [6, 6.07) is 58.0. The molecule has 0 bridgehead atoms. The Balaban J connectivity index is 1.19. The van der Waals surface area contributed by atoms with Crippen LogP contribution >= 0.6 is 0 Å². The minimum Gasteiger partial charge on any atom is -0.316 e. The van der Waals surface area contributed by atoms with Gasteiger partial charge in [0.15, 0.2) is 5.82 Å². The smallest absolute Gasteiger partial charge is 0.160 e. The molecule has 4 nitrogen and oxygen atoms in total. The summed E-state index contributed by atoms with van der Waals surface area (Å²) in [5, 5.41) is 7.28. The number of rotatable bonds is 4. The van der Waals surface area contributed by atoms with Crippen molar-refractivity contribution in [2.24, 2.45) is 0 Å². The highest BCUT2D eigenvalue weighted by Gasteiger charge is 2.18. The first kappa shape index (κ1) is 26.7. The molecule has 7 aromatic carbocycles. The van der Waals surface area contributed by atoms with Crippen LogP contribution in [0.1, 0.15) is 0 Å². The van der Waals surface area contributed by atoms with E-state index < -0.39 is 0 Å². The lowest BCUT2D eigenvalue weighted by atomic mass is 10.0. The average Bonchev–Trinajstić information content (AvgIpc) is 3.73. The molecule has 10 rings (SSSR count). The third kappa shape index (κ3) is 4.10. The molecule has 0 aliphatic rings. The quantitative estimate of drug-likeness (QED) is 0.198. The van der Waals surface area contributed by atoms with Gasteiger partial charge < -0.3 is 9.13 Å². The second-order valence-corrected chi connectivity index (χ2v) is 12.3. The van der Waals surface area contributed by atoms with Crippen molar-refractivity contribution >= 4 is 54.4 Å². The number of para-hydroxylation sites is 2. The maximum absolute atomic E-state index is 5.11. The zero-order valence-electron chi connectivity index (χ0n) is 26.0. The third-order valence-electron chi connectivity index (χ3n) is 9.53. The van der Waals surface area contributed by atoms with E-state index in [-0.39, 0.29) is 0 Å². The van der Waals surface area contributed by atoms with E-state index in [2.05, 4.69) is 161 Å². The standard InChI is InChI=1S/C44H28N4/c1-3-12-30(13-4-1)43-36-17-9-10-18-38(36)45-44(46-43)31-19-22-34(23-20-31)48-39-24-21-29-11-7-8-16-35(29)42(39)37-27-32-25-26-47(40(32)28-41(37)48)33-14-5-2-6-15-33/h1-28H. The summed E-state index contributed by atoms with van der Waals surface area (Å²) in [5.41, 5.74) is 9.72. The molecule has 0 saturated carbocycles. The summed E-state index contributed by atoms with van der Waals surface area (Å²) in [4.78, 5) is 10.1. The highest BCUT2D eigenvalue weighted by atomic mass is 15.0. The van der Waals surface area contributed by atoms with Crippen LogP contribution in [-0.2, 0) is 0 Å². The Morgan fingerprint density at radius 2 is 1.15 bits per heavy atom. The number of hydrogen-bond donors (Lipinski definition) is 0. The van der Waals surface area contributed by atoms with E-state index in [4.69, 9.17) is 9.97 Å². The lowest BCUT2D eigenvalue weighted by Gasteiger charge is -2.12. The molecule has 0 aliphatic heterocycles.